The van der Waals surface area contributed by atoms with E-state index in [-0.39, 0.29) is 11.7 Å². The summed E-state index contributed by atoms with van der Waals surface area (Å²) in [6, 6.07) is 14.4. The van der Waals surface area contributed by atoms with Gasteiger partial charge in [0.15, 0.2) is 0 Å². The molecule has 0 aliphatic carbocycles. The van der Waals surface area contributed by atoms with E-state index in [9.17, 15) is 13.2 Å². The number of amides is 1. The van der Waals surface area contributed by atoms with Crippen LogP contribution in [0.5, 0.6) is 0 Å². The van der Waals surface area contributed by atoms with Gasteiger partial charge in [-0.1, -0.05) is 48.0 Å². The van der Waals surface area contributed by atoms with Crippen LogP contribution in [0, 0.1) is 6.92 Å². The Bertz CT molecular complexity index is 907. The number of rotatable bonds is 4. The zero-order valence-corrected chi connectivity index (χ0v) is 16.1. The molecule has 1 aliphatic rings. The van der Waals surface area contributed by atoms with Gasteiger partial charge >= 0.3 is 0 Å². The summed E-state index contributed by atoms with van der Waals surface area (Å²) in [6.07, 6.45) is 0. The van der Waals surface area contributed by atoms with Crippen molar-refractivity contribution in [1.29, 1.82) is 0 Å². The number of hydrogen-bond donors (Lipinski definition) is 0. The molecule has 0 saturated carbocycles. The Balaban J connectivity index is 1.65. The summed E-state index contributed by atoms with van der Waals surface area (Å²) in [5.74, 6) is -0.176. The molecular formula is C19H21ClN2O3S. The largest absolute Gasteiger partial charge is 0.336 e. The quantitative estimate of drug-likeness (QED) is 0.803. The zero-order valence-electron chi connectivity index (χ0n) is 14.6. The van der Waals surface area contributed by atoms with Gasteiger partial charge in [0.1, 0.15) is 0 Å². The first-order valence-electron chi connectivity index (χ1n) is 8.44. The maximum absolute atomic E-state index is 12.7. The van der Waals surface area contributed by atoms with Gasteiger partial charge in [-0.2, -0.15) is 4.31 Å². The van der Waals surface area contributed by atoms with Crippen LogP contribution < -0.4 is 0 Å². The molecule has 1 saturated heterocycles. The first-order chi connectivity index (χ1) is 12.4. The van der Waals surface area contributed by atoms with E-state index >= 15 is 0 Å². The Morgan fingerprint density at radius 2 is 1.62 bits per heavy atom. The molecule has 1 heterocycles. The van der Waals surface area contributed by atoms with Crippen molar-refractivity contribution >= 4 is 27.5 Å². The molecule has 2 aromatic carbocycles. The van der Waals surface area contributed by atoms with E-state index in [4.69, 9.17) is 11.6 Å². The molecule has 138 valence electrons. The lowest BCUT2D eigenvalue weighted by Gasteiger charge is -2.34. The molecule has 0 spiro atoms. The van der Waals surface area contributed by atoms with Crippen LogP contribution in [0.3, 0.4) is 0 Å². The summed E-state index contributed by atoms with van der Waals surface area (Å²) in [4.78, 5) is 14.2. The lowest BCUT2D eigenvalue weighted by Crippen LogP contribution is -2.50. The normalized spacial score (nSPS) is 15.8. The molecule has 0 atom stereocenters. The summed E-state index contributed by atoms with van der Waals surface area (Å²) in [5, 5.41) is 0.409. The van der Waals surface area contributed by atoms with Crippen molar-refractivity contribution in [1.82, 2.24) is 9.21 Å². The highest BCUT2D eigenvalue weighted by Crippen LogP contribution is 2.20. The second-order valence-corrected chi connectivity index (χ2v) is 8.73. The maximum atomic E-state index is 12.7. The minimum atomic E-state index is -3.41. The molecular weight excluding hydrogens is 372 g/mol. The number of carbonyl (C=O) groups excluding carboxylic acids is 1. The van der Waals surface area contributed by atoms with Crippen LogP contribution >= 0.6 is 11.6 Å². The Morgan fingerprint density at radius 1 is 1.00 bits per heavy atom. The van der Waals surface area contributed by atoms with Gasteiger partial charge in [0.25, 0.3) is 5.91 Å². The molecule has 0 bridgehead atoms. The molecule has 2 aromatic rings. The zero-order chi connectivity index (χ0) is 18.7. The van der Waals surface area contributed by atoms with Crippen LogP contribution in [0.25, 0.3) is 0 Å². The van der Waals surface area contributed by atoms with Gasteiger partial charge in [0.05, 0.1) is 16.3 Å². The molecule has 5 nitrogen and oxygen atoms in total. The predicted octanol–water partition coefficient (Wildman–Crippen LogP) is 2.94. The SMILES string of the molecule is Cc1ccccc1CS(=O)(=O)N1CCN(C(=O)c2ccccc2Cl)CC1. The van der Waals surface area contributed by atoms with Gasteiger partial charge in [-0.05, 0) is 30.2 Å². The third kappa shape index (κ3) is 4.09. The molecule has 26 heavy (non-hydrogen) atoms. The van der Waals surface area contributed by atoms with Gasteiger partial charge in [-0.25, -0.2) is 8.42 Å². The highest BCUT2D eigenvalue weighted by molar-refractivity contribution is 7.88. The molecule has 1 amide bonds. The second-order valence-electron chi connectivity index (χ2n) is 6.35. The monoisotopic (exact) mass is 392 g/mol. The van der Waals surface area contributed by atoms with Crippen molar-refractivity contribution in [2.45, 2.75) is 12.7 Å². The van der Waals surface area contributed by atoms with Crippen LogP contribution in [-0.2, 0) is 15.8 Å². The minimum Gasteiger partial charge on any atom is -0.336 e. The summed E-state index contributed by atoms with van der Waals surface area (Å²) in [7, 11) is -3.41. The van der Waals surface area contributed by atoms with Crippen molar-refractivity contribution in [3.8, 4) is 0 Å². The number of benzene rings is 2. The van der Waals surface area contributed by atoms with E-state index in [0.29, 0.717) is 36.8 Å². The molecule has 3 rings (SSSR count). The Kier molecular flexibility index (Phi) is 5.65. The number of carbonyl (C=O) groups is 1. The van der Waals surface area contributed by atoms with Crippen LogP contribution in [0.4, 0.5) is 0 Å². The van der Waals surface area contributed by atoms with Gasteiger partial charge < -0.3 is 4.90 Å². The van der Waals surface area contributed by atoms with Gasteiger partial charge in [0.2, 0.25) is 10.0 Å². The summed E-state index contributed by atoms with van der Waals surface area (Å²) in [6.45, 7) is 3.22. The Hall–Kier alpha value is -1.89. The van der Waals surface area contributed by atoms with Crippen molar-refractivity contribution in [2.75, 3.05) is 26.2 Å². The van der Waals surface area contributed by atoms with Crippen LogP contribution in [0.1, 0.15) is 21.5 Å². The smallest absolute Gasteiger partial charge is 0.255 e. The molecule has 1 aliphatic heterocycles. The topological polar surface area (TPSA) is 57.7 Å². The third-order valence-corrected chi connectivity index (χ3v) is 6.78. The van der Waals surface area contributed by atoms with Crippen LogP contribution in [0.15, 0.2) is 48.5 Å². The van der Waals surface area contributed by atoms with Crippen molar-refractivity contribution < 1.29 is 13.2 Å². The van der Waals surface area contributed by atoms with Crippen LogP contribution in [-0.4, -0.2) is 49.7 Å². The first-order valence-corrected chi connectivity index (χ1v) is 10.4. The fraction of sp³-hybridized carbons (Fsp3) is 0.316. The van der Waals surface area contributed by atoms with E-state index in [1.54, 1.807) is 29.2 Å². The summed E-state index contributed by atoms with van der Waals surface area (Å²) in [5.41, 5.74) is 2.22. The molecule has 0 N–H and O–H groups in total. The highest BCUT2D eigenvalue weighted by Gasteiger charge is 2.30. The van der Waals surface area contributed by atoms with E-state index in [1.807, 2.05) is 31.2 Å². The van der Waals surface area contributed by atoms with E-state index < -0.39 is 10.0 Å². The molecule has 1 fully saturated rings. The average Bonchev–Trinajstić information content (AvgIpc) is 2.63. The number of nitrogens with zero attached hydrogens (tertiary/aromatic N) is 2. The number of sulfonamides is 1. The third-order valence-electron chi connectivity index (χ3n) is 4.62. The fourth-order valence-electron chi connectivity index (χ4n) is 3.03. The molecule has 7 heteroatoms. The van der Waals surface area contributed by atoms with E-state index in [1.165, 1.54) is 4.31 Å². The number of aryl methyl sites for hydroxylation is 1. The fourth-order valence-corrected chi connectivity index (χ4v) is 4.87. The van der Waals surface area contributed by atoms with Crippen molar-refractivity contribution in [3.05, 3.63) is 70.2 Å². The van der Waals surface area contributed by atoms with Gasteiger partial charge in [-0.3, -0.25) is 4.79 Å². The standard InChI is InChI=1S/C19H21ClN2O3S/c1-15-6-2-3-7-16(15)14-26(24,25)22-12-10-21(11-13-22)19(23)17-8-4-5-9-18(17)20/h2-9H,10-14H2,1H3. The van der Waals surface area contributed by atoms with Crippen molar-refractivity contribution in [2.24, 2.45) is 0 Å². The molecule has 0 aromatic heterocycles. The van der Waals surface area contributed by atoms with Gasteiger partial charge in [0, 0.05) is 26.2 Å². The predicted molar refractivity (Wildman–Crippen MR) is 103 cm³/mol. The average molecular weight is 393 g/mol. The maximum Gasteiger partial charge on any atom is 0.255 e. The lowest BCUT2D eigenvalue weighted by atomic mass is 10.1. The number of hydrogen-bond acceptors (Lipinski definition) is 3. The number of halogens is 1. The van der Waals surface area contributed by atoms with Crippen LogP contribution in [0.2, 0.25) is 5.02 Å². The highest BCUT2D eigenvalue weighted by atomic mass is 35.5. The first kappa shape index (κ1) is 18.9. The number of piperazine rings is 1. The van der Waals surface area contributed by atoms with Gasteiger partial charge in [-0.15, -0.1) is 0 Å². The summed E-state index contributed by atoms with van der Waals surface area (Å²) < 4.78 is 26.9. The van der Waals surface area contributed by atoms with E-state index in [2.05, 4.69) is 0 Å². The molecule has 0 unspecified atom stereocenters. The Morgan fingerprint density at radius 3 is 2.27 bits per heavy atom. The van der Waals surface area contributed by atoms with Crippen molar-refractivity contribution in [3.63, 3.8) is 0 Å². The van der Waals surface area contributed by atoms with E-state index in [0.717, 1.165) is 11.1 Å². The minimum absolute atomic E-state index is 0.0157. The summed E-state index contributed by atoms with van der Waals surface area (Å²) >= 11 is 6.09. The second kappa shape index (κ2) is 7.78. The Labute approximate surface area is 159 Å². The lowest BCUT2D eigenvalue weighted by molar-refractivity contribution is 0.0698. The molecule has 0 radical (unpaired) electrons.